The van der Waals surface area contributed by atoms with Crippen molar-refractivity contribution in [3.05, 3.63) is 42.0 Å². The Bertz CT molecular complexity index is 1520. The van der Waals surface area contributed by atoms with E-state index in [0.29, 0.717) is 4.90 Å². The van der Waals surface area contributed by atoms with Crippen LogP contribution in [0.25, 0.3) is 22.3 Å². The fourth-order valence-electron chi connectivity index (χ4n) is 4.13. The number of likely N-dealkylation sites (tertiary alicyclic amines) is 1. The van der Waals surface area contributed by atoms with E-state index in [0.717, 1.165) is 33.6 Å². The van der Waals surface area contributed by atoms with Gasteiger partial charge in [0.25, 0.3) is 12.3 Å². The highest BCUT2D eigenvalue weighted by Gasteiger charge is 2.44. The molecular weight excluding hydrogens is 480 g/mol. The third kappa shape index (κ3) is 3.90. The van der Waals surface area contributed by atoms with E-state index in [1.54, 1.807) is 0 Å². The zero-order chi connectivity index (χ0) is 27.6. The molecule has 5 rings (SSSR count). The largest absolute Gasteiger partial charge is 0.479 e. The maximum atomic E-state index is 15.2. The Balaban J connectivity index is 1.55. The Morgan fingerprint density at radius 2 is 2.06 bits per heavy atom. The van der Waals surface area contributed by atoms with Gasteiger partial charge in [-0.3, -0.25) is 4.40 Å². The van der Waals surface area contributed by atoms with Crippen LogP contribution < -0.4 is 10.1 Å². The average molecular weight is 502 g/mol. The monoisotopic (exact) mass is 502 g/mol. The van der Waals surface area contributed by atoms with Gasteiger partial charge in [-0.1, -0.05) is 0 Å². The van der Waals surface area contributed by atoms with E-state index in [4.69, 9.17) is 8.85 Å². The van der Waals surface area contributed by atoms with Crippen molar-refractivity contribution in [1.29, 1.82) is 0 Å². The summed E-state index contributed by atoms with van der Waals surface area (Å²) in [5.74, 6) is -6.03. The van der Waals surface area contributed by atoms with Gasteiger partial charge in [0.15, 0.2) is 17.3 Å². The van der Waals surface area contributed by atoms with Gasteiger partial charge in [-0.05, 0) is 19.5 Å². The summed E-state index contributed by atoms with van der Waals surface area (Å²) in [7, 11) is 1.18. The number of piperidine rings is 1. The first-order chi connectivity index (χ1) is 17.8. The molecule has 1 fully saturated rings. The Labute approximate surface area is 198 Å². The first kappa shape index (κ1) is 19.7. The van der Waals surface area contributed by atoms with Crippen LogP contribution in [-0.4, -0.2) is 68.0 Å². The molecule has 35 heavy (non-hydrogen) atoms. The first-order valence-corrected chi connectivity index (χ1v) is 10.3. The van der Waals surface area contributed by atoms with Gasteiger partial charge in [0.1, 0.15) is 11.2 Å². The summed E-state index contributed by atoms with van der Waals surface area (Å²) in [5, 5.41) is 6.49. The number of hydrogen-bond donors (Lipinski definition) is 1. The normalized spacial score (nSPS) is 20.2. The van der Waals surface area contributed by atoms with Crippen LogP contribution in [0.1, 0.15) is 22.7 Å². The fraction of sp³-hybridized carbons (Fsp3) is 0.381. The van der Waals surface area contributed by atoms with E-state index in [9.17, 15) is 22.0 Å². The van der Waals surface area contributed by atoms with Crippen molar-refractivity contribution < 1.29 is 35.2 Å². The number of pyridine rings is 1. The van der Waals surface area contributed by atoms with Crippen molar-refractivity contribution >= 4 is 17.1 Å². The summed E-state index contributed by atoms with van der Waals surface area (Å²) in [5.41, 5.74) is -1.53. The van der Waals surface area contributed by atoms with Crippen molar-refractivity contribution in [2.45, 2.75) is 24.8 Å². The van der Waals surface area contributed by atoms with Gasteiger partial charge in [0.05, 0.1) is 37.7 Å². The van der Waals surface area contributed by atoms with E-state index in [2.05, 4.69) is 20.4 Å². The van der Waals surface area contributed by atoms with Crippen LogP contribution >= 0.6 is 0 Å². The molecule has 1 saturated heterocycles. The van der Waals surface area contributed by atoms with Crippen molar-refractivity contribution in [3.8, 4) is 17.0 Å². The van der Waals surface area contributed by atoms with Crippen molar-refractivity contribution in [1.82, 2.24) is 28.9 Å². The minimum atomic E-state index is -3.47. The van der Waals surface area contributed by atoms with E-state index in [1.165, 1.54) is 7.11 Å². The topological polar surface area (TPSA) is 72.0 Å². The first-order valence-electron chi connectivity index (χ1n) is 11.8. The minimum absolute atomic E-state index is 0.114. The van der Waals surface area contributed by atoms with Gasteiger partial charge in [-0.25, -0.2) is 35.8 Å². The lowest BCUT2D eigenvalue weighted by Crippen LogP contribution is -2.53. The molecule has 1 N–H and O–H groups in total. The van der Waals surface area contributed by atoms with E-state index < -0.39 is 49.2 Å². The quantitative estimate of drug-likeness (QED) is 0.416. The maximum Gasteiger partial charge on any atom is 0.280 e. The number of ether oxygens (including phenoxy) is 1. The van der Waals surface area contributed by atoms with Crippen LogP contribution in [0.5, 0.6) is 5.88 Å². The van der Waals surface area contributed by atoms with Gasteiger partial charge in [0.2, 0.25) is 11.8 Å². The lowest BCUT2D eigenvalue weighted by Gasteiger charge is -2.36. The molecule has 186 valence electrons. The van der Waals surface area contributed by atoms with Crippen molar-refractivity contribution in [2.75, 3.05) is 32.5 Å². The summed E-state index contributed by atoms with van der Waals surface area (Å²) in [6.07, 6.45) is -0.472. The second kappa shape index (κ2) is 8.29. The van der Waals surface area contributed by atoms with E-state index in [1.807, 2.05) is 0 Å². The number of imidazole rings is 1. The molecule has 4 aromatic heterocycles. The SMILES string of the molecule is [2H]C([2H])([2H])N1CC[C@@H](Nc2nc(OC)c3c(-c4cc(F)c5ncc(C(F)F)n5c4)c(F)cn3n2)C(F)(F)C1. The number of methoxy groups -OCH3 is 1. The summed E-state index contributed by atoms with van der Waals surface area (Å²) >= 11 is 0. The fourth-order valence-corrected chi connectivity index (χ4v) is 4.13. The zero-order valence-electron chi connectivity index (χ0n) is 20.9. The number of nitrogens with one attached hydrogen (secondary N) is 1. The lowest BCUT2D eigenvalue weighted by atomic mass is 10.0. The number of hydrogen-bond acceptors (Lipinski definition) is 6. The van der Waals surface area contributed by atoms with Gasteiger partial charge < -0.3 is 15.0 Å². The number of alkyl halides is 4. The standard InChI is InChI=1S/C21H19F6N7O/c1-32-4-3-14(21(26,27)9-32)29-20-30-19(35-2)16-15(12(23)8-34(16)31-20)10-5-11(22)18-28-6-13(17(24)25)33(18)7-10/h5-8,14,17H,3-4,9H2,1-2H3,(H,29,31)/t14-/m1/s1/i1D3. The molecule has 0 bridgehead atoms. The maximum absolute atomic E-state index is 15.2. The van der Waals surface area contributed by atoms with E-state index >= 15 is 4.39 Å². The smallest absolute Gasteiger partial charge is 0.280 e. The molecule has 4 aromatic rings. The highest BCUT2D eigenvalue weighted by molar-refractivity contribution is 5.85. The predicted molar refractivity (Wildman–Crippen MR) is 113 cm³/mol. The molecule has 0 saturated carbocycles. The Hall–Kier alpha value is -3.55. The molecule has 14 heteroatoms. The number of aromatic nitrogens is 5. The summed E-state index contributed by atoms with van der Waals surface area (Å²) in [6.45, 7) is -3.85. The number of rotatable bonds is 5. The number of fused-ring (bicyclic) bond motifs is 2. The van der Waals surface area contributed by atoms with Gasteiger partial charge >= 0.3 is 0 Å². The molecule has 0 radical (unpaired) electrons. The average Bonchev–Trinajstić information content (AvgIpc) is 3.39. The second-order valence-corrected chi connectivity index (χ2v) is 8.01. The Kier molecular flexibility index (Phi) is 4.67. The highest BCUT2D eigenvalue weighted by atomic mass is 19.3. The van der Waals surface area contributed by atoms with Crippen LogP contribution in [-0.2, 0) is 0 Å². The van der Waals surface area contributed by atoms with Crippen molar-refractivity contribution in [2.24, 2.45) is 0 Å². The van der Waals surface area contributed by atoms with Crippen molar-refractivity contribution in [3.63, 3.8) is 0 Å². The predicted octanol–water partition coefficient (Wildman–Crippen LogP) is 4.02. The van der Waals surface area contributed by atoms with Crippen LogP contribution in [0.2, 0.25) is 0 Å². The Morgan fingerprint density at radius 3 is 2.74 bits per heavy atom. The minimum Gasteiger partial charge on any atom is -0.479 e. The highest BCUT2D eigenvalue weighted by Crippen LogP contribution is 2.36. The molecular formula is C21H19F6N7O. The summed E-state index contributed by atoms with van der Waals surface area (Å²) < 4.78 is 115. The lowest BCUT2D eigenvalue weighted by molar-refractivity contribution is -0.0675. The number of nitrogens with zero attached hydrogens (tertiary/aromatic N) is 6. The van der Waals surface area contributed by atoms with Crippen LogP contribution in [0.15, 0.2) is 24.7 Å². The van der Waals surface area contributed by atoms with Crippen LogP contribution in [0.4, 0.5) is 32.3 Å². The second-order valence-electron chi connectivity index (χ2n) is 8.01. The molecule has 1 aliphatic heterocycles. The zero-order valence-corrected chi connectivity index (χ0v) is 17.9. The molecule has 0 spiro atoms. The molecule has 5 heterocycles. The van der Waals surface area contributed by atoms with Gasteiger partial charge in [0, 0.05) is 22.4 Å². The molecule has 0 aromatic carbocycles. The molecule has 1 aliphatic rings. The Morgan fingerprint density at radius 1 is 1.26 bits per heavy atom. The summed E-state index contributed by atoms with van der Waals surface area (Å²) in [6, 6.07) is -0.630. The summed E-state index contributed by atoms with van der Waals surface area (Å²) in [4.78, 5) is 8.37. The van der Waals surface area contributed by atoms with Crippen LogP contribution in [0, 0.1) is 11.6 Å². The molecule has 0 unspecified atom stereocenters. The van der Waals surface area contributed by atoms with E-state index in [-0.39, 0.29) is 47.1 Å². The molecule has 1 atom stereocenters. The molecule has 8 nitrogen and oxygen atoms in total. The van der Waals surface area contributed by atoms with Crippen LogP contribution in [0.3, 0.4) is 0 Å². The number of anilines is 1. The third-order valence-corrected chi connectivity index (χ3v) is 5.75. The van der Waals surface area contributed by atoms with Gasteiger partial charge in [-0.2, -0.15) is 4.98 Å². The van der Waals surface area contributed by atoms with Gasteiger partial charge in [-0.15, -0.1) is 5.10 Å². The number of halogens is 6. The molecule has 0 aliphatic carbocycles. The molecule has 0 amide bonds. The third-order valence-electron chi connectivity index (χ3n) is 5.75.